The maximum Gasteiger partial charge on any atom is 0.338 e. The van der Waals surface area contributed by atoms with E-state index in [1.807, 2.05) is 54.6 Å². The molecule has 1 aliphatic heterocycles. The highest BCUT2D eigenvalue weighted by molar-refractivity contribution is 5.90. The smallest absolute Gasteiger partial charge is 0.338 e. The lowest BCUT2D eigenvalue weighted by atomic mass is 9.70. The maximum atomic E-state index is 13.2. The van der Waals surface area contributed by atoms with E-state index in [9.17, 15) is 9.90 Å². The van der Waals surface area contributed by atoms with E-state index in [2.05, 4.69) is 59.3 Å². The summed E-state index contributed by atoms with van der Waals surface area (Å²) in [6, 6.07) is 32.4. The number of hydrogen-bond acceptors (Lipinski definition) is 5. The van der Waals surface area contributed by atoms with Gasteiger partial charge in [-0.1, -0.05) is 78.9 Å². The number of nitrogens with zero attached hydrogens (tertiary/aromatic N) is 2. The molecular weight excluding hydrogens is 496 g/mol. The van der Waals surface area contributed by atoms with Crippen LogP contribution in [0.3, 0.4) is 0 Å². The Hall–Kier alpha value is -3.51. The number of esters is 1. The maximum absolute atomic E-state index is 13.2. The molecule has 1 N–H and O–H groups in total. The van der Waals surface area contributed by atoms with Crippen molar-refractivity contribution in [3.8, 4) is 11.1 Å². The van der Waals surface area contributed by atoms with E-state index in [4.69, 9.17) is 4.74 Å². The fourth-order valence-electron chi connectivity index (χ4n) is 6.38. The van der Waals surface area contributed by atoms with Gasteiger partial charge in [0.1, 0.15) is 6.10 Å². The van der Waals surface area contributed by atoms with Crippen LogP contribution in [-0.2, 0) is 10.3 Å². The van der Waals surface area contributed by atoms with Crippen LogP contribution in [0, 0.1) is 5.92 Å². The summed E-state index contributed by atoms with van der Waals surface area (Å²) < 4.78 is 6.08. The van der Waals surface area contributed by atoms with Crippen molar-refractivity contribution in [1.29, 1.82) is 0 Å². The molecule has 5 nitrogen and oxygen atoms in total. The van der Waals surface area contributed by atoms with E-state index in [1.165, 1.54) is 5.39 Å². The van der Waals surface area contributed by atoms with Crippen molar-refractivity contribution in [2.24, 2.45) is 5.92 Å². The van der Waals surface area contributed by atoms with E-state index >= 15 is 0 Å². The molecule has 3 atom stereocenters. The van der Waals surface area contributed by atoms with Crippen LogP contribution in [0.1, 0.15) is 35.2 Å². The van der Waals surface area contributed by atoms with Crippen LogP contribution in [0.2, 0.25) is 0 Å². The molecular formula is C35H38N2O3. The first-order valence-corrected chi connectivity index (χ1v) is 14.5. The van der Waals surface area contributed by atoms with Gasteiger partial charge in [0.05, 0.1) is 11.2 Å². The summed E-state index contributed by atoms with van der Waals surface area (Å²) in [5.74, 6) is -0.330. The van der Waals surface area contributed by atoms with Crippen LogP contribution in [0.4, 0.5) is 0 Å². The molecule has 0 spiro atoms. The van der Waals surface area contributed by atoms with Crippen molar-refractivity contribution in [2.45, 2.75) is 31.0 Å². The molecule has 1 saturated carbocycles. The third kappa shape index (κ3) is 5.68. The number of benzene rings is 4. The Labute approximate surface area is 237 Å². The highest BCUT2D eigenvalue weighted by atomic mass is 16.5. The molecule has 3 unspecified atom stereocenters. The van der Waals surface area contributed by atoms with E-state index in [0.29, 0.717) is 24.8 Å². The number of fused-ring (bicyclic) bond motifs is 1. The van der Waals surface area contributed by atoms with Crippen LogP contribution in [-0.4, -0.2) is 66.8 Å². The molecule has 0 amide bonds. The Balaban J connectivity index is 1.20. The summed E-state index contributed by atoms with van der Waals surface area (Å²) in [5, 5.41) is 14.6. The van der Waals surface area contributed by atoms with Crippen molar-refractivity contribution in [1.82, 2.24) is 9.80 Å². The number of aliphatic hydroxyl groups is 1. The molecule has 206 valence electrons. The zero-order valence-electron chi connectivity index (χ0n) is 23.2. The standard InChI is InChI=1S/C35H38N2O3/c1-36-19-21-37(22-20-36)25-32-24-33(17-18-35(32,39)31-16-15-27-9-5-6-10-30(27)23-31)40-34(38)29-13-11-28(12-14-29)26-7-3-2-4-8-26/h2-16,23,32-33,39H,17-22,24-25H2,1H3. The molecule has 1 heterocycles. The second-order valence-electron chi connectivity index (χ2n) is 11.5. The molecule has 4 aromatic rings. The third-order valence-electron chi connectivity index (χ3n) is 8.90. The van der Waals surface area contributed by atoms with Crippen LogP contribution in [0.25, 0.3) is 21.9 Å². The number of carbonyl (C=O) groups is 1. The van der Waals surface area contributed by atoms with E-state index in [-0.39, 0.29) is 18.0 Å². The minimum absolute atomic E-state index is 0.0379. The lowest BCUT2D eigenvalue weighted by Crippen LogP contribution is -2.52. The lowest BCUT2D eigenvalue weighted by molar-refractivity contribution is -0.100. The summed E-state index contributed by atoms with van der Waals surface area (Å²) in [6.07, 6.45) is 1.62. The summed E-state index contributed by atoms with van der Waals surface area (Å²) in [5.41, 5.74) is 2.75. The molecule has 0 aromatic heterocycles. The number of piperazine rings is 1. The minimum atomic E-state index is -0.965. The zero-order chi connectivity index (χ0) is 27.5. The topological polar surface area (TPSA) is 53.0 Å². The van der Waals surface area contributed by atoms with Gasteiger partial charge in [-0.3, -0.25) is 0 Å². The average molecular weight is 535 g/mol. The van der Waals surface area contributed by atoms with Gasteiger partial charge < -0.3 is 19.6 Å². The van der Waals surface area contributed by atoms with Gasteiger partial charge in [0.25, 0.3) is 0 Å². The molecule has 0 radical (unpaired) electrons. The molecule has 1 aliphatic carbocycles. The monoisotopic (exact) mass is 534 g/mol. The Morgan fingerprint density at radius 3 is 2.27 bits per heavy atom. The summed E-state index contributed by atoms with van der Waals surface area (Å²) in [6.45, 7) is 4.81. The first-order valence-electron chi connectivity index (χ1n) is 14.5. The Morgan fingerprint density at radius 2 is 1.52 bits per heavy atom. The predicted molar refractivity (Wildman–Crippen MR) is 160 cm³/mol. The minimum Gasteiger partial charge on any atom is -0.459 e. The lowest BCUT2D eigenvalue weighted by Gasteiger charge is -2.46. The van der Waals surface area contributed by atoms with Gasteiger partial charge in [0.15, 0.2) is 0 Å². The summed E-state index contributed by atoms with van der Waals surface area (Å²) in [7, 11) is 2.16. The average Bonchev–Trinajstić information content (AvgIpc) is 3.00. The molecule has 0 bridgehead atoms. The van der Waals surface area contributed by atoms with Gasteiger partial charge >= 0.3 is 5.97 Å². The van der Waals surface area contributed by atoms with Crippen molar-refractivity contribution < 1.29 is 14.6 Å². The number of carbonyl (C=O) groups excluding carboxylic acids is 1. The molecule has 4 aromatic carbocycles. The third-order valence-corrected chi connectivity index (χ3v) is 8.90. The Morgan fingerprint density at radius 1 is 0.850 bits per heavy atom. The normalized spacial score (nSPS) is 24.1. The van der Waals surface area contributed by atoms with Crippen molar-refractivity contribution in [3.05, 3.63) is 108 Å². The first kappa shape index (κ1) is 26.7. The van der Waals surface area contributed by atoms with Gasteiger partial charge in [-0.2, -0.15) is 0 Å². The number of rotatable bonds is 6. The van der Waals surface area contributed by atoms with E-state index in [1.54, 1.807) is 0 Å². The number of likely N-dealkylation sites (N-methyl/N-ethyl adjacent to an activating group) is 1. The highest BCUT2D eigenvalue weighted by Crippen LogP contribution is 2.44. The Kier molecular flexibility index (Phi) is 7.70. The Bertz CT molecular complexity index is 1450. The van der Waals surface area contributed by atoms with Gasteiger partial charge in [-0.25, -0.2) is 4.79 Å². The summed E-state index contributed by atoms with van der Waals surface area (Å²) >= 11 is 0. The van der Waals surface area contributed by atoms with Crippen molar-refractivity contribution in [2.75, 3.05) is 39.8 Å². The van der Waals surface area contributed by atoms with Crippen LogP contribution in [0.15, 0.2) is 97.1 Å². The van der Waals surface area contributed by atoms with Gasteiger partial charge in [-0.15, -0.1) is 0 Å². The van der Waals surface area contributed by atoms with E-state index in [0.717, 1.165) is 54.8 Å². The number of hydrogen-bond donors (Lipinski definition) is 1. The zero-order valence-corrected chi connectivity index (χ0v) is 23.2. The SMILES string of the molecule is CN1CCN(CC2CC(OC(=O)c3ccc(-c4ccccc4)cc3)CCC2(O)c2ccc3ccccc3c2)CC1. The molecule has 40 heavy (non-hydrogen) atoms. The molecule has 5 heteroatoms. The van der Waals surface area contributed by atoms with Crippen LogP contribution < -0.4 is 0 Å². The molecule has 2 aliphatic rings. The fourth-order valence-corrected chi connectivity index (χ4v) is 6.38. The second-order valence-corrected chi connectivity index (χ2v) is 11.5. The predicted octanol–water partition coefficient (Wildman–Crippen LogP) is 5.97. The van der Waals surface area contributed by atoms with E-state index < -0.39 is 5.60 Å². The van der Waals surface area contributed by atoms with Gasteiger partial charge in [-0.05, 0) is 72.0 Å². The van der Waals surface area contributed by atoms with Crippen molar-refractivity contribution >= 4 is 16.7 Å². The second kappa shape index (κ2) is 11.5. The van der Waals surface area contributed by atoms with Crippen LogP contribution in [0.5, 0.6) is 0 Å². The highest BCUT2D eigenvalue weighted by Gasteiger charge is 2.45. The quantitative estimate of drug-likeness (QED) is 0.309. The largest absolute Gasteiger partial charge is 0.459 e. The van der Waals surface area contributed by atoms with Gasteiger partial charge in [0, 0.05) is 38.6 Å². The summed E-state index contributed by atoms with van der Waals surface area (Å²) in [4.78, 5) is 18.0. The van der Waals surface area contributed by atoms with Crippen molar-refractivity contribution in [3.63, 3.8) is 0 Å². The van der Waals surface area contributed by atoms with Crippen LogP contribution >= 0.6 is 0 Å². The number of ether oxygens (including phenoxy) is 1. The molecule has 6 rings (SSSR count). The fraction of sp³-hybridized carbons (Fsp3) is 0.343. The first-order chi connectivity index (χ1) is 19.5. The molecule has 1 saturated heterocycles. The van der Waals surface area contributed by atoms with Gasteiger partial charge in [0.2, 0.25) is 0 Å². The molecule has 2 fully saturated rings.